The van der Waals surface area contributed by atoms with E-state index in [2.05, 4.69) is 9.98 Å². The largest absolute Gasteiger partial charge is 0.494 e. The van der Waals surface area contributed by atoms with Crippen molar-refractivity contribution in [2.75, 3.05) is 0 Å². The highest BCUT2D eigenvalue weighted by Crippen LogP contribution is 2.38. The maximum Gasteiger partial charge on any atom is 0.201 e. The first kappa shape index (κ1) is 15.6. The highest BCUT2D eigenvalue weighted by atomic mass is 16.3. The van der Waals surface area contributed by atoms with Crippen LogP contribution in [0.1, 0.15) is 25.6 Å². The van der Waals surface area contributed by atoms with E-state index in [1.165, 1.54) is 0 Å². The van der Waals surface area contributed by atoms with Gasteiger partial charge in [-0.2, -0.15) is 0 Å². The highest BCUT2D eigenvalue weighted by Gasteiger charge is 2.25. The third-order valence-electron chi connectivity index (χ3n) is 4.59. The Morgan fingerprint density at radius 3 is 2.72 bits per heavy atom. The molecular weight excluding hydrogens is 314 g/mol. The Morgan fingerprint density at radius 2 is 2.04 bits per heavy atom. The molecule has 1 aromatic heterocycles. The smallest absolute Gasteiger partial charge is 0.201 e. The van der Waals surface area contributed by atoms with Gasteiger partial charge in [0.25, 0.3) is 0 Å². The van der Waals surface area contributed by atoms with Gasteiger partial charge in [0.15, 0.2) is 0 Å². The molecule has 2 N–H and O–H groups in total. The molecule has 0 bridgehead atoms. The number of rotatable bonds is 3. The van der Waals surface area contributed by atoms with Gasteiger partial charge in [-0.25, -0.2) is 0 Å². The molecule has 2 aliphatic heterocycles. The highest BCUT2D eigenvalue weighted by molar-refractivity contribution is 6.00. The standard InChI is InChI=1S/C20H19N3O2/c1-12-9-13(2)22-17(12)10-16-15-5-3-4-6-18(15)23(20(16)25)19(24)14-7-8-21-11-14/h3-11,14,19,24-25H,1-2H3. The summed E-state index contributed by atoms with van der Waals surface area (Å²) in [7, 11) is 0. The maximum absolute atomic E-state index is 10.9. The predicted octanol–water partition coefficient (Wildman–Crippen LogP) is 3.81. The summed E-state index contributed by atoms with van der Waals surface area (Å²) in [5.41, 5.74) is 4.26. The monoisotopic (exact) mass is 333 g/mol. The van der Waals surface area contributed by atoms with Crippen LogP contribution >= 0.6 is 0 Å². The predicted molar refractivity (Wildman–Crippen MR) is 101 cm³/mol. The van der Waals surface area contributed by atoms with Crippen molar-refractivity contribution in [2.45, 2.75) is 20.1 Å². The number of benzene rings is 1. The molecule has 0 aliphatic carbocycles. The molecule has 3 heterocycles. The third kappa shape index (κ3) is 2.53. The molecule has 2 aromatic rings. The van der Waals surface area contributed by atoms with Crippen molar-refractivity contribution in [1.82, 2.24) is 4.57 Å². The Kier molecular flexibility index (Phi) is 3.66. The number of aliphatic hydroxyl groups is 1. The van der Waals surface area contributed by atoms with Crippen LogP contribution in [0.2, 0.25) is 0 Å². The molecule has 0 saturated heterocycles. The number of allylic oxidation sites excluding steroid dienone is 2. The minimum Gasteiger partial charge on any atom is -0.494 e. The van der Waals surface area contributed by atoms with Gasteiger partial charge in [-0.1, -0.05) is 24.3 Å². The molecule has 126 valence electrons. The Balaban J connectivity index is 1.90. The van der Waals surface area contributed by atoms with E-state index < -0.39 is 6.23 Å². The van der Waals surface area contributed by atoms with E-state index in [1.807, 2.05) is 56.3 Å². The second kappa shape index (κ2) is 5.86. The van der Waals surface area contributed by atoms with Gasteiger partial charge in [0, 0.05) is 29.1 Å². The second-order valence-corrected chi connectivity index (χ2v) is 6.37. The lowest BCUT2D eigenvalue weighted by Gasteiger charge is -2.18. The van der Waals surface area contributed by atoms with Crippen molar-refractivity contribution in [3.63, 3.8) is 0 Å². The normalized spacial score (nSPS) is 22.0. The minimum atomic E-state index is -0.926. The summed E-state index contributed by atoms with van der Waals surface area (Å²) in [6, 6.07) is 7.64. The van der Waals surface area contributed by atoms with Crippen LogP contribution < -0.4 is 0 Å². The van der Waals surface area contributed by atoms with Crippen LogP contribution in [0.5, 0.6) is 5.88 Å². The van der Waals surface area contributed by atoms with Gasteiger partial charge in [-0.05, 0) is 37.6 Å². The molecule has 25 heavy (non-hydrogen) atoms. The van der Waals surface area contributed by atoms with Crippen molar-refractivity contribution >= 4 is 28.9 Å². The van der Waals surface area contributed by atoms with Crippen LogP contribution in [0.4, 0.5) is 0 Å². The Labute approximate surface area is 145 Å². The van der Waals surface area contributed by atoms with Crippen LogP contribution in [0, 0.1) is 5.92 Å². The van der Waals surface area contributed by atoms with Crippen molar-refractivity contribution < 1.29 is 10.2 Å². The first-order valence-corrected chi connectivity index (χ1v) is 8.22. The lowest BCUT2D eigenvalue weighted by Crippen LogP contribution is -2.17. The van der Waals surface area contributed by atoms with Gasteiger partial charge in [-0.15, -0.1) is 0 Å². The topological polar surface area (TPSA) is 70.1 Å². The van der Waals surface area contributed by atoms with Crippen molar-refractivity contribution in [2.24, 2.45) is 15.9 Å². The summed E-state index contributed by atoms with van der Waals surface area (Å²) < 4.78 is 1.55. The lowest BCUT2D eigenvalue weighted by atomic mass is 10.1. The molecule has 0 spiro atoms. The number of aliphatic hydroxyl groups excluding tert-OH is 1. The first-order valence-electron chi connectivity index (χ1n) is 8.22. The van der Waals surface area contributed by atoms with Crippen LogP contribution in [-0.4, -0.2) is 26.7 Å². The zero-order chi connectivity index (χ0) is 17.6. The maximum atomic E-state index is 10.9. The molecule has 0 saturated carbocycles. The minimum absolute atomic E-state index is 0.0300. The Morgan fingerprint density at radius 1 is 1.24 bits per heavy atom. The molecule has 5 heteroatoms. The van der Waals surface area contributed by atoms with Gasteiger partial charge in [0.1, 0.15) is 6.23 Å². The fourth-order valence-electron chi connectivity index (χ4n) is 3.36. The molecule has 2 atom stereocenters. The van der Waals surface area contributed by atoms with E-state index in [9.17, 15) is 10.2 Å². The molecule has 0 amide bonds. The van der Waals surface area contributed by atoms with E-state index in [4.69, 9.17) is 0 Å². The Hall–Kier alpha value is -2.92. The van der Waals surface area contributed by atoms with Crippen LogP contribution in [-0.2, 0) is 0 Å². The Bertz CT molecular complexity index is 993. The number of hydrogen-bond acceptors (Lipinski definition) is 4. The van der Waals surface area contributed by atoms with Crippen molar-refractivity contribution in [3.05, 3.63) is 59.5 Å². The molecule has 4 rings (SSSR count). The summed E-state index contributed by atoms with van der Waals surface area (Å²) in [4.78, 5) is 8.55. The van der Waals surface area contributed by atoms with E-state index in [0.29, 0.717) is 5.56 Å². The number of aliphatic imine (C=N–C) groups is 2. The van der Waals surface area contributed by atoms with Gasteiger partial charge in [0.2, 0.25) is 5.88 Å². The van der Waals surface area contributed by atoms with Crippen LogP contribution in [0.3, 0.4) is 0 Å². The summed E-state index contributed by atoms with van der Waals surface area (Å²) in [6.07, 6.45) is 8.11. The van der Waals surface area contributed by atoms with E-state index in [-0.39, 0.29) is 11.8 Å². The number of fused-ring (bicyclic) bond motifs is 1. The summed E-state index contributed by atoms with van der Waals surface area (Å²) >= 11 is 0. The second-order valence-electron chi connectivity index (χ2n) is 6.37. The molecule has 2 aliphatic rings. The third-order valence-corrected chi connectivity index (χ3v) is 4.59. The molecular formula is C20H19N3O2. The fraction of sp³-hybridized carbons (Fsp3) is 0.200. The number of aromatic hydroxyl groups is 1. The number of para-hydroxylation sites is 1. The molecule has 0 fully saturated rings. The fourth-order valence-corrected chi connectivity index (χ4v) is 3.36. The molecule has 0 radical (unpaired) electrons. The molecule has 2 unspecified atom stereocenters. The van der Waals surface area contributed by atoms with Crippen molar-refractivity contribution in [1.29, 1.82) is 0 Å². The first-order chi connectivity index (χ1) is 12.1. The average Bonchev–Trinajstić information content (AvgIpc) is 3.28. The van der Waals surface area contributed by atoms with Crippen LogP contribution in [0.25, 0.3) is 17.0 Å². The lowest BCUT2D eigenvalue weighted by molar-refractivity contribution is 0.0839. The van der Waals surface area contributed by atoms with Crippen LogP contribution in [0.15, 0.2) is 63.9 Å². The van der Waals surface area contributed by atoms with E-state index in [1.54, 1.807) is 17.0 Å². The summed E-state index contributed by atoms with van der Waals surface area (Å²) in [6.45, 7) is 3.94. The van der Waals surface area contributed by atoms with Gasteiger partial charge in [-0.3, -0.25) is 14.6 Å². The van der Waals surface area contributed by atoms with Gasteiger partial charge < -0.3 is 10.2 Å². The molecule has 1 aromatic carbocycles. The van der Waals surface area contributed by atoms with E-state index >= 15 is 0 Å². The number of nitrogens with zero attached hydrogens (tertiary/aromatic N) is 3. The number of hydrogen-bond donors (Lipinski definition) is 2. The zero-order valence-electron chi connectivity index (χ0n) is 14.1. The van der Waals surface area contributed by atoms with Gasteiger partial charge >= 0.3 is 0 Å². The van der Waals surface area contributed by atoms with Crippen molar-refractivity contribution in [3.8, 4) is 5.88 Å². The number of aromatic nitrogens is 1. The molecule has 5 nitrogen and oxygen atoms in total. The zero-order valence-corrected chi connectivity index (χ0v) is 14.1. The quantitative estimate of drug-likeness (QED) is 0.896. The van der Waals surface area contributed by atoms with Gasteiger partial charge in [0.05, 0.1) is 17.1 Å². The van der Waals surface area contributed by atoms with E-state index in [0.717, 1.165) is 27.9 Å². The SMILES string of the molecule is CC1=CC(C)=NC1=Cc1c(O)n(C(O)C2C=CN=C2)c2ccccc12. The average molecular weight is 333 g/mol. The summed E-state index contributed by atoms with van der Waals surface area (Å²) in [5.74, 6) is -0.238. The summed E-state index contributed by atoms with van der Waals surface area (Å²) in [5, 5.41) is 22.5.